The predicted molar refractivity (Wildman–Crippen MR) is 418 cm³/mol. The fourth-order valence-corrected chi connectivity index (χ4v) is 13.0. The fourth-order valence-electron chi connectivity index (χ4n) is 12.2. The molecular weight excluding hydrogens is 1210 g/mol. The summed E-state index contributed by atoms with van der Waals surface area (Å²) in [4.78, 5) is 35.5. The van der Waals surface area contributed by atoms with Gasteiger partial charge < -0.3 is 20.1 Å². The second-order valence-electron chi connectivity index (χ2n) is 27.6. The Hall–Kier alpha value is -3.07. The molecule has 0 amide bonds. The molecular formula is C86H156NO8P. The van der Waals surface area contributed by atoms with Gasteiger partial charge in [-0.2, -0.15) is 0 Å². The SMILES string of the molecule is CC/C=C\C/C=C\C/C=C\C/C=C\C/C=C\C/C=C\C/C=C\C/C=C\CCCCCCCCCCCCCCCCCCC(=O)OC(COC(=O)CCCCCCCCCCCCCCCCCCCCCCCCCCCCCCCCCCCC)COP(=O)(O)OCCN. The molecule has 0 radical (unpaired) electrons. The Balaban J connectivity index is 3.79. The van der Waals surface area contributed by atoms with Crippen LogP contribution in [0.2, 0.25) is 0 Å². The summed E-state index contributed by atoms with van der Waals surface area (Å²) >= 11 is 0. The van der Waals surface area contributed by atoms with Gasteiger partial charge in [0.05, 0.1) is 13.2 Å². The van der Waals surface area contributed by atoms with Crippen LogP contribution in [0.25, 0.3) is 0 Å². The number of phosphoric ester groups is 1. The number of carbonyl (C=O) groups is 2. The summed E-state index contributed by atoms with van der Waals surface area (Å²) in [6, 6.07) is 0. The molecule has 96 heavy (non-hydrogen) atoms. The fraction of sp³-hybridized carbons (Fsp3) is 0.791. The van der Waals surface area contributed by atoms with Crippen molar-refractivity contribution < 1.29 is 37.6 Å². The summed E-state index contributed by atoms with van der Waals surface area (Å²) in [6.45, 7) is 3.70. The average Bonchev–Trinajstić information content (AvgIpc) is 2.32. The van der Waals surface area contributed by atoms with Gasteiger partial charge in [-0.25, -0.2) is 4.57 Å². The molecule has 0 rings (SSSR count). The maximum absolute atomic E-state index is 12.8. The molecule has 0 aliphatic rings. The van der Waals surface area contributed by atoms with Crippen LogP contribution in [0.15, 0.2) is 97.2 Å². The first-order valence-electron chi connectivity index (χ1n) is 41.2. The summed E-state index contributed by atoms with van der Waals surface area (Å²) < 4.78 is 33.3. The lowest BCUT2D eigenvalue weighted by atomic mass is 10.0. The van der Waals surface area contributed by atoms with E-state index in [0.29, 0.717) is 6.42 Å². The van der Waals surface area contributed by atoms with Crippen LogP contribution in [0, 0.1) is 0 Å². The monoisotopic (exact) mass is 1360 g/mol. The molecule has 558 valence electrons. The zero-order chi connectivity index (χ0) is 69.3. The van der Waals surface area contributed by atoms with Gasteiger partial charge >= 0.3 is 19.8 Å². The van der Waals surface area contributed by atoms with E-state index in [0.717, 1.165) is 89.9 Å². The summed E-state index contributed by atoms with van der Waals surface area (Å²) in [5, 5.41) is 0. The third-order valence-electron chi connectivity index (χ3n) is 18.2. The highest BCUT2D eigenvalue weighted by Gasteiger charge is 2.26. The van der Waals surface area contributed by atoms with E-state index in [1.165, 1.54) is 283 Å². The molecule has 0 aromatic carbocycles. The molecule has 3 N–H and O–H groups in total. The van der Waals surface area contributed by atoms with E-state index in [2.05, 4.69) is 111 Å². The number of hydrogen-bond donors (Lipinski definition) is 2. The number of phosphoric acid groups is 1. The summed E-state index contributed by atoms with van der Waals surface area (Å²) in [5.74, 6) is -0.809. The van der Waals surface area contributed by atoms with Crippen molar-refractivity contribution in [3.63, 3.8) is 0 Å². The van der Waals surface area contributed by atoms with Crippen LogP contribution in [0.4, 0.5) is 0 Å². The Morgan fingerprint density at radius 1 is 0.323 bits per heavy atom. The van der Waals surface area contributed by atoms with Crippen LogP contribution in [-0.2, 0) is 32.7 Å². The number of unbranched alkanes of at least 4 members (excludes halogenated alkanes) is 49. The highest BCUT2D eigenvalue weighted by molar-refractivity contribution is 7.47. The first-order valence-corrected chi connectivity index (χ1v) is 42.7. The molecule has 0 aliphatic carbocycles. The van der Waals surface area contributed by atoms with Crippen LogP contribution >= 0.6 is 7.82 Å². The van der Waals surface area contributed by atoms with Crippen molar-refractivity contribution in [3.8, 4) is 0 Å². The quantitative estimate of drug-likeness (QED) is 0.0264. The highest BCUT2D eigenvalue weighted by atomic mass is 31.2. The highest BCUT2D eigenvalue weighted by Crippen LogP contribution is 2.43. The van der Waals surface area contributed by atoms with Crippen LogP contribution in [0.1, 0.15) is 406 Å². The van der Waals surface area contributed by atoms with E-state index in [-0.39, 0.29) is 38.6 Å². The van der Waals surface area contributed by atoms with Gasteiger partial charge in [-0.05, 0) is 77.0 Å². The zero-order valence-electron chi connectivity index (χ0n) is 63.1. The summed E-state index contributed by atoms with van der Waals surface area (Å²) in [7, 11) is -4.40. The Morgan fingerprint density at radius 3 is 0.854 bits per heavy atom. The second kappa shape index (κ2) is 80.9. The molecule has 2 unspecified atom stereocenters. The van der Waals surface area contributed by atoms with Gasteiger partial charge in [-0.3, -0.25) is 18.6 Å². The number of rotatable bonds is 78. The Kier molecular flexibility index (Phi) is 78.3. The van der Waals surface area contributed by atoms with Crippen LogP contribution in [0.3, 0.4) is 0 Å². The molecule has 0 aliphatic heterocycles. The minimum Gasteiger partial charge on any atom is -0.462 e. The Morgan fingerprint density at radius 2 is 0.573 bits per heavy atom. The Labute approximate surface area is 595 Å². The standard InChI is InChI=1S/C86H156NO8P/c1-3-5-7-9-11-13-15-17-19-21-23-25-27-29-31-33-35-37-39-40-41-42-43-44-45-47-49-51-53-55-57-59-61-63-65-67-69-71-73-75-77-79-86(89)95-84(83-94-96(90,91)93-81-80-87)82-92-85(88)78-76-74-72-70-68-66-64-62-60-58-56-54-52-50-48-46-38-36-34-32-30-28-26-24-22-20-18-16-14-12-10-8-6-4-2/h5,7,11,13,17,19,23,25,29,31,35,37,40-41,43-44,84H,3-4,6,8-10,12,14-16,18,20-22,24,26-28,30,32-34,36,38-39,42,45-83,87H2,1-2H3,(H,90,91)/b7-5-,13-11-,19-17-,25-23-,31-29-,37-35-,41-40-,44-43-. The largest absolute Gasteiger partial charge is 0.472 e. The molecule has 10 heteroatoms. The number of allylic oxidation sites excluding steroid dienone is 16. The summed E-state index contributed by atoms with van der Waals surface area (Å²) in [5.41, 5.74) is 5.42. The molecule has 9 nitrogen and oxygen atoms in total. The molecule has 0 fully saturated rings. The molecule has 0 aromatic heterocycles. The number of hydrogen-bond acceptors (Lipinski definition) is 8. The third-order valence-corrected chi connectivity index (χ3v) is 19.2. The van der Waals surface area contributed by atoms with Crippen molar-refractivity contribution >= 4 is 19.8 Å². The van der Waals surface area contributed by atoms with Crippen molar-refractivity contribution in [2.75, 3.05) is 26.4 Å². The van der Waals surface area contributed by atoms with Gasteiger partial charge in [0.25, 0.3) is 0 Å². The van der Waals surface area contributed by atoms with E-state index >= 15 is 0 Å². The van der Waals surface area contributed by atoms with Crippen molar-refractivity contribution in [2.45, 2.75) is 412 Å². The van der Waals surface area contributed by atoms with Gasteiger partial charge in [-0.15, -0.1) is 0 Å². The molecule has 0 aromatic rings. The van der Waals surface area contributed by atoms with E-state index in [4.69, 9.17) is 24.3 Å². The van der Waals surface area contributed by atoms with Gasteiger partial charge in [0.2, 0.25) is 0 Å². The average molecular weight is 1360 g/mol. The lowest BCUT2D eigenvalue weighted by molar-refractivity contribution is -0.161. The minimum absolute atomic E-state index is 0.0532. The maximum atomic E-state index is 12.8. The van der Waals surface area contributed by atoms with Crippen molar-refractivity contribution in [1.82, 2.24) is 0 Å². The lowest BCUT2D eigenvalue weighted by Gasteiger charge is -2.19. The molecule has 0 bridgehead atoms. The first kappa shape index (κ1) is 92.9. The zero-order valence-corrected chi connectivity index (χ0v) is 64.0. The molecule has 0 saturated heterocycles. The molecule has 2 atom stereocenters. The first-order chi connectivity index (χ1) is 47.3. The maximum Gasteiger partial charge on any atom is 0.472 e. The number of carbonyl (C=O) groups excluding carboxylic acids is 2. The van der Waals surface area contributed by atoms with Crippen molar-refractivity contribution in [1.29, 1.82) is 0 Å². The minimum atomic E-state index is -4.40. The molecule has 0 heterocycles. The third kappa shape index (κ3) is 79.9. The topological polar surface area (TPSA) is 134 Å². The van der Waals surface area contributed by atoms with Crippen LogP contribution < -0.4 is 5.73 Å². The normalized spacial score (nSPS) is 13.3. The van der Waals surface area contributed by atoms with E-state index in [1.807, 2.05) is 0 Å². The smallest absolute Gasteiger partial charge is 0.462 e. The van der Waals surface area contributed by atoms with Gasteiger partial charge in [0.15, 0.2) is 6.10 Å². The number of nitrogens with two attached hydrogens (primary N) is 1. The van der Waals surface area contributed by atoms with Gasteiger partial charge in [0, 0.05) is 19.4 Å². The molecule has 0 spiro atoms. The lowest BCUT2D eigenvalue weighted by Crippen LogP contribution is -2.29. The summed E-state index contributed by atoms with van der Waals surface area (Å²) in [6.07, 6.45) is 111. The van der Waals surface area contributed by atoms with Gasteiger partial charge in [-0.1, -0.05) is 413 Å². The van der Waals surface area contributed by atoms with E-state index in [1.54, 1.807) is 0 Å². The number of esters is 2. The van der Waals surface area contributed by atoms with Crippen molar-refractivity contribution in [3.05, 3.63) is 97.2 Å². The van der Waals surface area contributed by atoms with E-state index < -0.39 is 26.5 Å². The second-order valence-corrected chi connectivity index (χ2v) is 29.1. The van der Waals surface area contributed by atoms with Crippen LogP contribution in [-0.4, -0.2) is 49.3 Å². The number of ether oxygens (including phenoxy) is 2. The van der Waals surface area contributed by atoms with Crippen LogP contribution in [0.5, 0.6) is 0 Å². The predicted octanol–water partition coefficient (Wildman–Crippen LogP) is 27.8. The van der Waals surface area contributed by atoms with Gasteiger partial charge in [0.1, 0.15) is 6.61 Å². The molecule has 0 saturated carbocycles. The van der Waals surface area contributed by atoms with E-state index in [9.17, 15) is 19.0 Å². The van der Waals surface area contributed by atoms with Crippen molar-refractivity contribution in [2.24, 2.45) is 5.73 Å². The Bertz CT molecular complexity index is 1900.